The second kappa shape index (κ2) is 5.74. The molecule has 0 saturated heterocycles. The zero-order valence-corrected chi connectivity index (χ0v) is 7.56. The van der Waals surface area contributed by atoms with E-state index < -0.39 is 6.10 Å². The van der Waals surface area contributed by atoms with Crippen LogP contribution in [0.4, 0.5) is 0 Å². The first-order valence-corrected chi connectivity index (χ1v) is 3.82. The first-order valence-electron chi connectivity index (χ1n) is 3.82. The van der Waals surface area contributed by atoms with Crippen LogP contribution in [0.5, 0.6) is 0 Å². The van der Waals surface area contributed by atoms with E-state index in [2.05, 4.69) is 11.6 Å². The van der Waals surface area contributed by atoms with E-state index in [0.29, 0.717) is 12.4 Å². The van der Waals surface area contributed by atoms with E-state index in [4.69, 9.17) is 5.11 Å². The van der Waals surface area contributed by atoms with Crippen molar-refractivity contribution in [3.8, 4) is 0 Å². The topological polar surface area (TPSA) is 56.1 Å². The minimum absolute atomic E-state index is 0.0117. The summed E-state index contributed by atoms with van der Waals surface area (Å²) in [6, 6.07) is 0. The van der Waals surface area contributed by atoms with E-state index in [0.717, 1.165) is 0 Å². The van der Waals surface area contributed by atoms with E-state index in [9.17, 15) is 5.11 Å². The first kappa shape index (κ1) is 11.1. The van der Waals surface area contributed by atoms with Gasteiger partial charge in [-0.1, -0.05) is 6.58 Å². The highest BCUT2D eigenvalue weighted by Crippen LogP contribution is 1.97. The number of aliphatic hydroxyl groups excluding tert-OH is 2. The van der Waals surface area contributed by atoms with Crippen LogP contribution in [0.2, 0.25) is 0 Å². The molecule has 0 saturated carbocycles. The standard InChI is InChI=1S/C8H16N2O2/c1-4-10(5-6-11)8(9-3)7(2)12/h4,7,11-12H,1,5-6H2,2-3H3/b9-8-. The van der Waals surface area contributed by atoms with Crippen molar-refractivity contribution < 1.29 is 10.2 Å². The molecule has 0 aliphatic rings. The predicted molar refractivity (Wildman–Crippen MR) is 49.0 cm³/mol. The van der Waals surface area contributed by atoms with E-state index in [1.54, 1.807) is 18.9 Å². The Kier molecular flexibility index (Phi) is 5.32. The van der Waals surface area contributed by atoms with Crippen molar-refractivity contribution in [2.75, 3.05) is 20.2 Å². The van der Waals surface area contributed by atoms with Crippen LogP contribution < -0.4 is 0 Å². The van der Waals surface area contributed by atoms with E-state index in [1.807, 2.05) is 0 Å². The van der Waals surface area contributed by atoms with Crippen LogP contribution in [0.1, 0.15) is 6.92 Å². The molecular formula is C8H16N2O2. The fourth-order valence-corrected chi connectivity index (χ4v) is 0.962. The Bertz CT molecular complexity index is 166. The summed E-state index contributed by atoms with van der Waals surface area (Å²) in [7, 11) is 1.59. The highest BCUT2D eigenvalue weighted by molar-refractivity contribution is 5.86. The zero-order chi connectivity index (χ0) is 9.56. The molecule has 0 aliphatic heterocycles. The van der Waals surface area contributed by atoms with Crippen LogP contribution >= 0.6 is 0 Å². The quantitative estimate of drug-likeness (QED) is 0.457. The molecule has 4 heteroatoms. The van der Waals surface area contributed by atoms with Crippen molar-refractivity contribution in [1.82, 2.24) is 4.90 Å². The summed E-state index contributed by atoms with van der Waals surface area (Å²) in [5.74, 6) is 0.513. The Morgan fingerprint density at radius 2 is 2.33 bits per heavy atom. The predicted octanol–water partition coefficient (Wildman–Crippen LogP) is -0.167. The molecule has 0 aliphatic carbocycles. The largest absolute Gasteiger partial charge is 0.395 e. The Hall–Kier alpha value is -0.870. The Balaban J connectivity index is 4.34. The number of hydrogen-bond acceptors (Lipinski definition) is 3. The number of aliphatic imine (C=N–C) groups is 1. The molecule has 0 heterocycles. The summed E-state index contributed by atoms with van der Waals surface area (Å²) in [6.07, 6.45) is 0.894. The molecule has 0 aromatic carbocycles. The maximum absolute atomic E-state index is 9.24. The molecule has 0 amide bonds. The minimum Gasteiger partial charge on any atom is -0.395 e. The van der Waals surface area contributed by atoms with Crippen LogP contribution in [0, 0.1) is 0 Å². The summed E-state index contributed by atoms with van der Waals surface area (Å²) in [6.45, 7) is 5.59. The molecule has 0 radical (unpaired) electrons. The zero-order valence-electron chi connectivity index (χ0n) is 7.56. The molecular weight excluding hydrogens is 156 g/mol. The summed E-state index contributed by atoms with van der Waals surface area (Å²) in [5.41, 5.74) is 0. The van der Waals surface area contributed by atoms with E-state index in [1.165, 1.54) is 6.20 Å². The SMILES string of the molecule is C=CN(CCO)/C(=N\C)C(C)O. The van der Waals surface area contributed by atoms with Crippen LogP contribution in [-0.2, 0) is 0 Å². The van der Waals surface area contributed by atoms with Gasteiger partial charge in [-0.2, -0.15) is 0 Å². The van der Waals surface area contributed by atoms with Crippen molar-refractivity contribution in [3.63, 3.8) is 0 Å². The van der Waals surface area contributed by atoms with Gasteiger partial charge in [-0.15, -0.1) is 0 Å². The lowest BCUT2D eigenvalue weighted by molar-refractivity contribution is 0.231. The molecule has 0 aromatic heterocycles. The molecule has 0 aromatic rings. The Labute approximate surface area is 72.8 Å². The van der Waals surface area contributed by atoms with Gasteiger partial charge < -0.3 is 15.1 Å². The van der Waals surface area contributed by atoms with Gasteiger partial charge in [0, 0.05) is 13.6 Å². The van der Waals surface area contributed by atoms with Gasteiger partial charge in [-0.3, -0.25) is 4.99 Å². The summed E-state index contributed by atoms with van der Waals surface area (Å²) >= 11 is 0. The van der Waals surface area contributed by atoms with Crippen molar-refractivity contribution in [1.29, 1.82) is 0 Å². The van der Waals surface area contributed by atoms with Gasteiger partial charge in [0.25, 0.3) is 0 Å². The molecule has 0 fully saturated rings. The molecule has 2 N–H and O–H groups in total. The van der Waals surface area contributed by atoms with Crippen LogP contribution in [0.3, 0.4) is 0 Å². The Morgan fingerprint density at radius 3 is 2.58 bits per heavy atom. The van der Waals surface area contributed by atoms with Gasteiger partial charge in [0.05, 0.1) is 6.61 Å². The first-order chi connectivity index (χ1) is 5.67. The van der Waals surface area contributed by atoms with Gasteiger partial charge in [0.1, 0.15) is 11.9 Å². The third-order valence-corrected chi connectivity index (χ3v) is 1.46. The molecule has 70 valence electrons. The van der Waals surface area contributed by atoms with Gasteiger partial charge in [0.15, 0.2) is 0 Å². The van der Waals surface area contributed by atoms with Crippen molar-refractivity contribution in [2.24, 2.45) is 4.99 Å². The van der Waals surface area contributed by atoms with Gasteiger partial charge in [-0.05, 0) is 13.1 Å². The normalized spacial score (nSPS) is 14.2. The third-order valence-electron chi connectivity index (χ3n) is 1.46. The fourth-order valence-electron chi connectivity index (χ4n) is 0.962. The molecule has 1 atom stereocenters. The summed E-state index contributed by atoms with van der Waals surface area (Å²) in [4.78, 5) is 5.50. The minimum atomic E-state index is -0.639. The molecule has 0 bridgehead atoms. The number of rotatable bonds is 4. The number of amidine groups is 1. The lowest BCUT2D eigenvalue weighted by atomic mass is 10.3. The lowest BCUT2D eigenvalue weighted by Gasteiger charge is -2.22. The lowest BCUT2D eigenvalue weighted by Crippen LogP contribution is -2.35. The van der Waals surface area contributed by atoms with E-state index >= 15 is 0 Å². The van der Waals surface area contributed by atoms with Gasteiger partial charge >= 0.3 is 0 Å². The molecule has 12 heavy (non-hydrogen) atoms. The maximum Gasteiger partial charge on any atom is 0.132 e. The van der Waals surface area contributed by atoms with Gasteiger partial charge in [0.2, 0.25) is 0 Å². The number of aliphatic hydroxyl groups is 2. The molecule has 0 spiro atoms. The Morgan fingerprint density at radius 1 is 1.75 bits per heavy atom. The fraction of sp³-hybridized carbons (Fsp3) is 0.625. The number of nitrogens with zero attached hydrogens (tertiary/aromatic N) is 2. The highest BCUT2D eigenvalue weighted by atomic mass is 16.3. The molecule has 0 rings (SSSR count). The van der Waals surface area contributed by atoms with Crippen LogP contribution in [0.15, 0.2) is 17.8 Å². The average molecular weight is 172 g/mol. The smallest absolute Gasteiger partial charge is 0.132 e. The molecule has 4 nitrogen and oxygen atoms in total. The van der Waals surface area contributed by atoms with Gasteiger partial charge in [-0.25, -0.2) is 0 Å². The molecule has 1 unspecified atom stereocenters. The third kappa shape index (κ3) is 3.02. The average Bonchev–Trinajstić information content (AvgIpc) is 2.03. The highest BCUT2D eigenvalue weighted by Gasteiger charge is 2.11. The summed E-state index contributed by atoms with van der Waals surface area (Å²) in [5, 5.41) is 17.9. The van der Waals surface area contributed by atoms with Crippen molar-refractivity contribution >= 4 is 5.84 Å². The van der Waals surface area contributed by atoms with Crippen molar-refractivity contribution in [2.45, 2.75) is 13.0 Å². The maximum atomic E-state index is 9.24. The second-order valence-electron chi connectivity index (χ2n) is 2.36. The second-order valence-corrected chi connectivity index (χ2v) is 2.36. The van der Waals surface area contributed by atoms with Crippen LogP contribution in [-0.4, -0.2) is 47.3 Å². The van der Waals surface area contributed by atoms with Crippen molar-refractivity contribution in [3.05, 3.63) is 12.8 Å². The summed E-state index contributed by atoms with van der Waals surface area (Å²) < 4.78 is 0. The monoisotopic (exact) mass is 172 g/mol. The van der Waals surface area contributed by atoms with E-state index in [-0.39, 0.29) is 6.61 Å². The number of hydrogen-bond donors (Lipinski definition) is 2. The van der Waals surface area contributed by atoms with Crippen LogP contribution in [0.25, 0.3) is 0 Å².